The maximum atomic E-state index is 12.8. The smallest absolute Gasteiger partial charge is 0.264 e. The molecular formula is C26H34N2O2S2. The van der Waals surface area contributed by atoms with Gasteiger partial charge in [-0.05, 0) is 87.2 Å². The fourth-order valence-corrected chi connectivity index (χ4v) is 7.98. The molecule has 0 unspecified atom stereocenters. The van der Waals surface area contributed by atoms with Gasteiger partial charge in [-0.2, -0.15) is 0 Å². The van der Waals surface area contributed by atoms with E-state index in [0.717, 1.165) is 73.8 Å². The van der Waals surface area contributed by atoms with Crippen LogP contribution >= 0.6 is 11.3 Å². The highest BCUT2D eigenvalue weighted by Crippen LogP contribution is 2.35. The summed E-state index contributed by atoms with van der Waals surface area (Å²) in [7, 11) is -0.571. The summed E-state index contributed by atoms with van der Waals surface area (Å²) < 4.78 is 11.6. The average molecular weight is 471 g/mol. The highest BCUT2D eigenvalue weighted by atomic mass is 32.2. The van der Waals surface area contributed by atoms with Crippen LogP contribution in [0.15, 0.2) is 30.3 Å². The molecule has 3 saturated heterocycles. The van der Waals surface area contributed by atoms with Crippen LogP contribution in [0.3, 0.4) is 0 Å². The second-order valence-electron chi connectivity index (χ2n) is 9.63. The summed E-state index contributed by atoms with van der Waals surface area (Å²) in [6, 6.07) is 11.9. The number of amides is 1. The number of likely N-dealkylation sites (tertiary alicyclic amines) is 2. The first-order valence-electron chi connectivity index (χ1n) is 12.2. The molecule has 6 heteroatoms. The summed E-state index contributed by atoms with van der Waals surface area (Å²) in [4.78, 5) is 19.6. The molecule has 1 aromatic heterocycles. The number of thiophene rings is 1. The standard InChI is InChI=1S/C26H34N2O2S2/c1-19-18-24(31-25(19)26(29)28-12-2-3-13-28)22-6-4-20(5-7-22)21-8-14-27(15-9-21)23-10-16-32(30)17-11-23/h4-7,18,21,23H,2-3,8-17H2,1H3. The Morgan fingerprint density at radius 2 is 1.62 bits per heavy atom. The first-order valence-corrected chi connectivity index (χ1v) is 14.5. The monoisotopic (exact) mass is 470 g/mol. The van der Waals surface area contributed by atoms with Gasteiger partial charge in [-0.3, -0.25) is 9.00 Å². The van der Waals surface area contributed by atoms with Crippen molar-refractivity contribution >= 4 is 28.0 Å². The van der Waals surface area contributed by atoms with Gasteiger partial charge in [-0.1, -0.05) is 24.3 Å². The van der Waals surface area contributed by atoms with Crippen LogP contribution in [0.5, 0.6) is 0 Å². The molecule has 0 radical (unpaired) electrons. The van der Waals surface area contributed by atoms with E-state index < -0.39 is 10.8 Å². The fourth-order valence-electron chi connectivity index (χ4n) is 5.56. The lowest BCUT2D eigenvalue weighted by Crippen LogP contribution is -2.44. The molecule has 5 rings (SSSR count). The largest absolute Gasteiger partial charge is 0.338 e. The van der Waals surface area contributed by atoms with Gasteiger partial charge in [0, 0.05) is 46.3 Å². The molecular weight excluding hydrogens is 436 g/mol. The Kier molecular flexibility index (Phi) is 6.81. The topological polar surface area (TPSA) is 40.6 Å². The van der Waals surface area contributed by atoms with E-state index in [1.165, 1.54) is 28.8 Å². The van der Waals surface area contributed by atoms with Gasteiger partial charge in [0.1, 0.15) is 0 Å². The van der Waals surface area contributed by atoms with E-state index in [9.17, 15) is 9.00 Å². The number of rotatable bonds is 4. The predicted octanol–water partition coefficient (Wildman–Crippen LogP) is 5.05. The number of hydrogen-bond acceptors (Lipinski definition) is 4. The first-order chi connectivity index (χ1) is 15.6. The Labute approximate surface area is 198 Å². The summed E-state index contributed by atoms with van der Waals surface area (Å²) in [6.07, 6.45) is 6.90. The SMILES string of the molecule is Cc1cc(-c2ccc(C3CCN(C4CCS(=O)CC4)CC3)cc2)sc1C(=O)N1CCCC1. The Morgan fingerprint density at radius 3 is 2.28 bits per heavy atom. The summed E-state index contributed by atoms with van der Waals surface area (Å²) in [5.41, 5.74) is 3.76. The number of carbonyl (C=O) groups excluding carboxylic acids is 1. The van der Waals surface area contributed by atoms with Crippen LogP contribution in [0.25, 0.3) is 10.4 Å². The van der Waals surface area contributed by atoms with Crippen LogP contribution in [0.4, 0.5) is 0 Å². The quantitative estimate of drug-likeness (QED) is 0.628. The molecule has 3 aliphatic heterocycles. The maximum Gasteiger partial charge on any atom is 0.264 e. The molecule has 0 bridgehead atoms. The Balaban J connectivity index is 1.21. The molecule has 3 aliphatic rings. The van der Waals surface area contributed by atoms with Crippen molar-refractivity contribution in [3.63, 3.8) is 0 Å². The molecule has 4 nitrogen and oxygen atoms in total. The number of piperidine rings is 1. The van der Waals surface area contributed by atoms with Gasteiger partial charge < -0.3 is 9.80 Å². The molecule has 0 saturated carbocycles. The van der Waals surface area contributed by atoms with Crippen LogP contribution in [0.1, 0.15) is 65.2 Å². The van der Waals surface area contributed by atoms with Crippen molar-refractivity contribution in [3.8, 4) is 10.4 Å². The molecule has 3 fully saturated rings. The van der Waals surface area contributed by atoms with Gasteiger partial charge in [0.25, 0.3) is 5.91 Å². The van der Waals surface area contributed by atoms with E-state index in [1.54, 1.807) is 11.3 Å². The maximum absolute atomic E-state index is 12.8. The van der Waals surface area contributed by atoms with Crippen molar-refractivity contribution in [1.29, 1.82) is 0 Å². The normalized spacial score (nSPS) is 25.3. The number of carbonyl (C=O) groups is 1. The van der Waals surface area contributed by atoms with Crippen molar-refractivity contribution in [1.82, 2.24) is 9.80 Å². The molecule has 0 atom stereocenters. The number of benzene rings is 1. The van der Waals surface area contributed by atoms with Crippen LogP contribution in [0, 0.1) is 6.92 Å². The first kappa shape index (κ1) is 22.3. The zero-order valence-electron chi connectivity index (χ0n) is 19.1. The van der Waals surface area contributed by atoms with Crippen LogP contribution < -0.4 is 0 Å². The van der Waals surface area contributed by atoms with Crippen LogP contribution in [-0.4, -0.2) is 63.6 Å². The van der Waals surface area contributed by atoms with Crippen molar-refractivity contribution < 1.29 is 9.00 Å². The second-order valence-corrected chi connectivity index (χ2v) is 12.4. The van der Waals surface area contributed by atoms with E-state index in [1.807, 2.05) is 4.90 Å². The van der Waals surface area contributed by atoms with E-state index in [-0.39, 0.29) is 5.91 Å². The molecule has 1 amide bonds. The fraction of sp³-hybridized carbons (Fsp3) is 0.577. The van der Waals surface area contributed by atoms with Crippen molar-refractivity contribution in [2.45, 2.75) is 57.4 Å². The van der Waals surface area contributed by atoms with Gasteiger partial charge in [-0.25, -0.2) is 0 Å². The van der Waals surface area contributed by atoms with Crippen LogP contribution in [-0.2, 0) is 10.8 Å². The zero-order chi connectivity index (χ0) is 22.1. The zero-order valence-corrected chi connectivity index (χ0v) is 20.7. The molecule has 0 N–H and O–H groups in total. The Hall–Kier alpha value is -1.50. The average Bonchev–Trinajstić information content (AvgIpc) is 3.50. The van der Waals surface area contributed by atoms with Gasteiger partial charge in [0.05, 0.1) is 4.88 Å². The Morgan fingerprint density at radius 1 is 0.969 bits per heavy atom. The van der Waals surface area contributed by atoms with Crippen molar-refractivity contribution in [3.05, 3.63) is 46.3 Å². The van der Waals surface area contributed by atoms with E-state index in [4.69, 9.17) is 0 Å². The second kappa shape index (κ2) is 9.78. The van der Waals surface area contributed by atoms with E-state index in [0.29, 0.717) is 12.0 Å². The summed E-state index contributed by atoms with van der Waals surface area (Å²) >= 11 is 1.65. The van der Waals surface area contributed by atoms with E-state index >= 15 is 0 Å². The van der Waals surface area contributed by atoms with Crippen LogP contribution in [0.2, 0.25) is 0 Å². The lowest BCUT2D eigenvalue weighted by molar-refractivity contribution is 0.0797. The molecule has 0 spiro atoms. The number of aryl methyl sites for hydroxylation is 1. The van der Waals surface area contributed by atoms with Crippen molar-refractivity contribution in [2.75, 3.05) is 37.7 Å². The lowest BCUT2D eigenvalue weighted by atomic mass is 9.88. The minimum absolute atomic E-state index is 0.212. The summed E-state index contributed by atoms with van der Waals surface area (Å²) in [5.74, 6) is 2.62. The minimum Gasteiger partial charge on any atom is -0.338 e. The highest BCUT2D eigenvalue weighted by molar-refractivity contribution is 7.85. The lowest BCUT2D eigenvalue weighted by Gasteiger charge is -2.39. The summed E-state index contributed by atoms with van der Waals surface area (Å²) in [6.45, 7) is 6.19. The molecule has 32 heavy (non-hydrogen) atoms. The third kappa shape index (κ3) is 4.73. The van der Waals surface area contributed by atoms with Gasteiger partial charge in [0.2, 0.25) is 0 Å². The molecule has 4 heterocycles. The summed E-state index contributed by atoms with van der Waals surface area (Å²) in [5, 5.41) is 0. The molecule has 0 aliphatic carbocycles. The van der Waals surface area contributed by atoms with Gasteiger partial charge in [-0.15, -0.1) is 11.3 Å². The van der Waals surface area contributed by atoms with Gasteiger partial charge >= 0.3 is 0 Å². The van der Waals surface area contributed by atoms with Gasteiger partial charge in [0.15, 0.2) is 0 Å². The third-order valence-corrected chi connectivity index (χ3v) is 10.2. The third-order valence-electron chi connectivity index (χ3n) is 7.58. The highest BCUT2D eigenvalue weighted by Gasteiger charge is 2.28. The number of hydrogen-bond donors (Lipinski definition) is 0. The minimum atomic E-state index is -0.571. The predicted molar refractivity (Wildman–Crippen MR) is 134 cm³/mol. The molecule has 172 valence electrons. The number of nitrogens with zero attached hydrogens (tertiary/aromatic N) is 2. The molecule has 1 aromatic carbocycles. The van der Waals surface area contributed by atoms with Crippen molar-refractivity contribution in [2.24, 2.45) is 0 Å². The Bertz CT molecular complexity index is 960. The van der Waals surface area contributed by atoms with E-state index in [2.05, 4.69) is 42.2 Å². The molecule has 2 aromatic rings.